The van der Waals surface area contributed by atoms with Crippen molar-refractivity contribution < 1.29 is 30.4 Å². The first-order valence-electron chi connectivity index (χ1n) is 8.10. The standard InChI is InChI=1S/C18H18F5NO2S/c1-11-6-8-12(9-7-11)27(25,26)24(2)10-4-3-5-13-14(19)16(21)18(23)17(22)15(13)20/h6-9H,3-5,10H2,1-2H3. The van der Waals surface area contributed by atoms with Crippen molar-refractivity contribution in [3.8, 4) is 0 Å². The summed E-state index contributed by atoms with van der Waals surface area (Å²) in [5, 5.41) is 0. The zero-order valence-corrected chi connectivity index (χ0v) is 15.5. The zero-order valence-electron chi connectivity index (χ0n) is 14.7. The quantitative estimate of drug-likeness (QED) is 0.297. The van der Waals surface area contributed by atoms with Crippen molar-refractivity contribution in [3.05, 3.63) is 64.5 Å². The minimum absolute atomic E-state index is 0.0333. The molecule has 2 aromatic carbocycles. The van der Waals surface area contributed by atoms with Gasteiger partial charge in [0.15, 0.2) is 23.3 Å². The number of aryl methyl sites for hydroxylation is 1. The molecule has 0 unspecified atom stereocenters. The SMILES string of the molecule is Cc1ccc(S(=O)(=O)N(C)CCCCc2c(F)c(F)c(F)c(F)c2F)cc1. The van der Waals surface area contributed by atoms with E-state index in [2.05, 4.69) is 0 Å². The van der Waals surface area contributed by atoms with Crippen molar-refractivity contribution in [1.82, 2.24) is 4.31 Å². The summed E-state index contributed by atoms with van der Waals surface area (Å²) >= 11 is 0. The van der Waals surface area contributed by atoms with Gasteiger partial charge < -0.3 is 0 Å². The van der Waals surface area contributed by atoms with E-state index in [0.29, 0.717) is 0 Å². The van der Waals surface area contributed by atoms with Crippen molar-refractivity contribution in [2.24, 2.45) is 0 Å². The molecule has 2 aromatic rings. The number of halogens is 5. The van der Waals surface area contributed by atoms with Gasteiger partial charge in [-0.1, -0.05) is 17.7 Å². The topological polar surface area (TPSA) is 37.4 Å². The van der Waals surface area contributed by atoms with E-state index in [-0.39, 0.29) is 24.3 Å². The van der Waals surface area contributed by atoms with Crippen LogP contribution in [0.3, 0.4) is 0 Å². The van der Waals surface area contributed by atoms with Crippen LogP contribution < -0.4 is 0 Å². The van der Waals surface area contributed by atoms with E-state index in [9.17, 15) is 30.4 Å². The third-order valence-electron chi connectivity index (χ3n) is 4.18. The Balaban J connectivity index is 2.00. The minimum Gasteiger partial charge on any atom is -0.207 e. The van der Waals surface area contributed by atoms with Crippen molar-refractivity contribution in [1.29, 1.82) is 0 Å². The Bertz CT molecular complexity index is 901. The van der Waals surface area contributed by atoms with Crippen LogP contribution in [0.15, 0.2) is 29.2 Å². The molecule has 0 amide bonds. The van der Waals surface area contributed by atoms with Gasteiger partial charge in [0.2, 0.25) is 15.8 Å². The normalized spacial score (nSPS) is 12.0. The Morgan fingerprint density at radius 3 is 1.81 bits per heavy atom. The molecule has 0 aromatic heterocycles. The number of hydrogen-bond donors (Lipinski definition) is 0. The molecule has 0 saturated carbocycles. The smallest absolute Gasteiger partial charge is 0.207 e. The van der Waals surface area contributed by atoms with Crippen molar-refractivity contribution >= 4 is 10.0 Å². The Labute approximate surface area is 154 Å². The average Bonchev–Trinajstić information content (AvgIpc) is 2.64. The van der Waals surface area contributed by atoms with Gasteiger partial charge >= 0.3 is 0 Å². The summed E-state index contributed by atoms with van der Waals surface area (Å²) in [5.74, 6) is -9.87. The van der Waals surface area contributed by atoms with E-state index in [0.717, 1.165) is 9.87 Å². The first-order valence-corrected chi connectivity index (χ1v) is 9.54. The third-order valence-corrected chi connectivity index (χ3v) is 6.05. The molecular formula is C18H18F5NO2S. The molecule has 0 aliphatic heterocycles. The summed E-state index contributed by atoms with van der Waals surface area (Å²) < 4.78 is 92.4. The molecule has 3 nitrogen and oxygen atoms in total. The van der Waals surface area contributed by atoms with E-state index in [1.54, 1.807) is 12.1 Å². The molecule has 9 heteroatoms. The molecule has 0 aliphatic carbocycles. The molecule has 0 spiro atoms. The van der Waals surface area contributed by atoms with E-state index < -0.39 is 51.1 Å². The molecule has 0 saturated heterocycles. The summed E-state index contributed by atoms with van der Waals surface area (Å²) in [5.41, 5.74) is 0.00913. The summed E-state index contributed by atoms with van der Waals surface area (Å²) in [6, 6.07) is 6.25. The van der Waals surface area contributed by atoms with Crippen LogP contribution in [0, 0.1) is 36.0 Å². The van der Waals surface area contributed by atoms with Crippen LogP contribution in [-0.2, 0) is 16.4 Å². The highest BCUT2D eigenvalue weighted by Crippen LogP contribution is 2.24. The Kier molecular flexibility index (Phi) is 6.59. The molecule has 0 heterocycles. The number of sulfonamides is 1. The van der Waals surface area contributed by atoms with Crippen LogP contribution in [0.4, 0.5) is 22.0 Å². The number of unbranched alkanes of at least 4 members (excludes halogenated alkanes) is 1. The highest BCUT2D eigenvalue weighted by molar-refractivity contribution is 7.89. The summed E-state index contributed by atoms with van der Waals surface area (Å²) in [6.45, 7) is 1.85. The number of nitrogens with zero attached hydrogens (tertiary/aromatic N) is 1. The second kappa shape index (κ2) is 8.35. The number of rotatable bonds is 7. The molecule has 0 radical (unpaired) electrons. The second-order valence-corrected chi connectivity index (χ2v) is 8.19. The van der Waals surface area contributed by atoms with Gasteiger partial charge in [-0.25, -0.2) is 34.7 Å². The van der Waals surface area contributed by atoms with Gasteiger partial charge in [-0.05, 0) is 38.3 Å². The zero-order chi connectivity index (χ0) is 20.4. The van der Waals surface area contributed by atoms with Crippen LogP contribution in [0.25, 0.3) is 0 Å². The van der Waals surface area contributed by atoms with Gasteiger partial charge in [0.25, 0.3) is 0 Å². The second-order valence-electron chi connectivity index (χ2n) is 6.15. The summed E-state index contributed by atoms with van der Waals surface area (Å²) in [4.78, 5) is 0.107. The van der Waals surface area contributed by atoms with Crippen molar-refractivity contribution in [2.45, 2.75) is 31.1 Å². The molecule has 0 aliphatic rings. The summed E-state index contributed by atoms with van der Waals surface area (Å²) in [6.07, 6.45) is -0.169. The number of benzene rings is 2. The average molecular weight is 407 g/mol. The van der Waals surface area contributed by atoms with Crippen LogP contribution in [0.1, 0.15) is 24.0 Å². The Hall–Kier alpha value is -2.00. The van der Waals surface area contributed by atoms with E-state index in [1.807, 2.05) is 6.92 Å². The van der Waals surface area contributed by atoms with Gasteiger partial charge in [0.1, 0.15) is 0 Å². The lowest BCUT2D eigenvalue weighted by molar-refractivity contribution is 0.368. The predicted octanol–water partition coefficient (Wildman–Crippen LogP) is 4.33. The molecule has 0 N–H and O–H groups in total. The predicted molar refractivity (Wildman–Crippen MR) is 90.2 cm³/mol. The van der Waals surface area contributed by atoms with E-state index in [1.165, 1.54) is 19.2 Å². The van der Waals surface area contributed by atoms with E-state index >= 15 is 0 Å². The lowest BCUT2D eigenvalue weighted by Crippen LogP contribution is -2.28. The van der Waals surface area contributed by atoms with Gasteiger partial charge in [0, 0.05) is 19.2 Å². The van der Waals surface area contributed by atoms with Crippen LogP contribution in [0.5, 0.6) is 0 Å². The first-order chi connectivity index (χ1) is 12.6. The van der Waals surface area contributed by atoms with Crippen LogP contribution in [-0.4, -0.2) is 26.3 Å². The van der Waals surface area contributed by atoms with E-state index in [4.69, 9.17) is 0 Å². The lowest BCUT2D eigenvalue weighted by Gasteiger charge is -2.17. The molecule has 0 bridgehead atoms. The maximum Gasteiger partial charge on any atom is 0.242 e. The molecule has 0 fully saturated rings. The fourth-order valence-corrected chi connectivity index (χ4v) is 3.73. The largest absolute Gasteiger partial charge is 0.242 e. The lowest BCUT2D eigenvalue weighted by atomic mass is 10.1. The fraction of sp³-hybridized carbons (Fsp3) is 0.333. The fourth-order valence-electron chi connectivity index (χ4n) is 2.52. The Morgan fingerprint density at radius 1 is 0.815 bits per heavy atom. The van der Waals surface area contributed by atoms with Gasteiger partial charge in [-0.15, -0.1) is 0 Å². The molecule has 148 valence electrons. The van der Waals surface area contributed by atoms with Gasteiger partial charge in [-0.3, -0.25) is 0 Å². The van der Waals surface area contributed by atoms with Crippen LogP contribution >= 0.6 is 0 Å². The maximum atomic E-state index is 13.6. The summed E-state index contributed by atoms with van der Waals surface area (Å²) in [7, 11) is -2.37. The van der Waals surface area contributed by atoms with Crippen molar-refractivity contribution in [3.63, 3.8) is 0 Å². The monoisotopic (exact) mass is 407 g/mol. The molecule has 0 atom stereocenters. The Morgan fingerprint density at radius 2 is 1.30 bits per heavy atom. The van der Waals surface area contributed by atoms with Crippen molar-refractivity contribution in [2.75, 3.05) is 13.6 Å². The molecule has 2 rings (SSSR count). The van der Waals surface area contributed by atoms with Gasteiger partial charge in [0.05, 0.1) is 4.90 Å². The number of hydrogen-bond acceptors (Lipinski definition) is 2. The van der Waals surface area contributed by atoms with Gasteiger partial charge in [-0.2, -0.15) is 0 Å². The third kappa shape index (κ3) is 4.47. The maximum absolute atomic E-state index is 13.6. The van der Waals surface area contributed by atoms with Crippen LogP contribution in [0.2, 0.25) is 0 Å². The highest BCUT2D eigenvalue weighted by Gasteiger charge is 2.25. The first kappa shape index (κ1) is 21.3. The highest BCUT2D eigenvalue weighted by atomic mass is 32.2. The minimum atomic E-state index is -3.72. The molecule has 27 heavy (non-hydrogen) atoms. The molecular weight excluding hydrogens is 389 g/mol.